The summed E-state index contributed by atoms with van der Waals surface area (Å²) < 4.78 is 35.0. The molecule has 3 saturated heterocycles. The third kappa shape index (κ3) is 39.8. The standard InChI is InChI=1S/C80H152N2O21/c1-4-6-8-10-12-14-16-18-20-22-24-26-28-30-31-33-35-37-39-41-43-45-47-49-51-53-62(87)61(82-67(90)54-52-50-48-46-44-42-40-38-36-34-32-29-27-25-23-21-19-17-15-13-11-9-7-5-2)59-98-77-72(94)71(93)74(66(58-85)100-77)101-78-73(95)76(70(92)65(57-84)99-78)103-80(79(96)97)55-63(88)68(81-60(3)86)75(102-80)69(91)64(89)56-83/h61-66,68-78,83-85,87-89,91-95H,4-59H2,1-3H3,(H,81,86)(H,82,90)(H,96,97). The van der Waals surface area contributed by atoms with Gasteiger partial charge in [-0.05, 0) is 12.8 Å². The molecule has 3 aliphatic rings. The van der Waals surface area contributed by atoms with Crippen LogP contribution in [0, 0.1) is 0 Å². The van der Waals surface area contributed by atoms with E-state index in [9.17, 15) is 75.7 Å². The fraction of sp³-hybridized carbons (Fsp3) is 0.963. The van der Waals surface area contributed by atoms with Crippen molar-refractivity contribution in [2.24, 2.45) is 0 Å². The fourth-order valence-corrected chi connectivity index (χ4v) is 15.0. The van der Waals surface area contributed by atoms with Crippen molar-refractivity contribution in [1.29, 1.82) is 0 Å². The second kappa shape index (κ2) is 59.6. The molecule has 608 valence electrons. The molecule has 0 bridgehead atoms. The number of amides is 2. The quantitative estimate of drug-likeness (QED) is 0.0252. The molecule has 3 heterocycles. The van der Waals surface area contributed by atoms with Crippen molar-refractivity contribution in [3.8, 4) is 0 Å². The molecule has 0 aliphatic carbocycles. The predicted molar refractivity (Wildman–Crippen MR) is 399 cm³/mol. The Morgan fingerprint density at radius 3 is 1.21 bits per heavy atom. The van der Waals surface area contributed by atoms with Crippen LogP contribution in [0.3, 0.4) is 0 Å². The van der Waals surface area contributed by atoms with Crippen molar-refractivity contribution in [3.63, 3.8) is 0 Å². The Morgan fingerprint density at radius 2 is 0.845 bits per heavy atom. The first-order chi connectivity index (χ1) is 49.9. The lowest BCUT2D eigenvalue weighted by molar-refractivity contribution is -0.386. The van der Waals surface area contributed by atoms with Crippen LogP contribution < -0.4 is 10.6 Å². The number of carbonyl (C=O) groups is 3. The summed E-state index contributed by atoms with van der Waals surface area (Å²) in [5.41, 5.74) is 0. The van der Waals surface area contributed by atoms with Gasteiger partial charge in [-0.25, -0.2) is 4.79 Å². The molecule has 0 aromatic rings. The molecular weight excluding hydrogens is 1320 g/mol. The summed E-state index contributed by atoms with van der Waals surface area (Å²) in [6, 6.07) is -2.53. The molecule has 23 nitrogen and oxygen atoms in total. The minimum Gasteiger partial charge on any atom is -0.477 e. The first kappa shape index (κ1) is 94.9. The van der Waals surface area contributed by atoms with E-state index in [-0.39, 0.29) is 18.9 Å². The van der Waals surface area contributed by atoms with E-state index in [1.54, 1.807) is 0 Å². The molecule has 18 atom stereocenters. The van der Waals surface area contributed by atoms with Crippen molar-refractivity contribution in [1.82, 2.24) is 10.6 Å². The first-order valence-corrected chi connectivity index (χ1v) is 41.9. The Bertz CT molecular complexity index is 2050. The van der Waals surface area contributed by atoms with Crippen molar-refractivity contribution >= 4 is 17.8 Å². The number of carbonyl (C=O) groups excluding carboxylic acids is 2. The average molecular weight is 1480 g/mol. The minimum absolute atomic E-state index is 0.230. The molecule has 0 spiro atoms. The molecule has 23 heteroatoms. The number of hydrogen-bond acceptors (Lipinski definition) is 20. The highest BCUT2D eigenvalue weighted by atomic mass is 16.8. The van der Waals surface area contributed by atoms with E-state index >= 15 is 0 Å². The summed E-state index contributed by atoms with van der Waals surface area (Å²) in [7, 11) is 0. The van der Waals surface area contributed by atoms with Crippen molar-refractivity contribution in [2.75, 3.05) is 26.4 Å². The van der Waals surface area contributed by atoms with Crippen LogP contribution in [-0.2, 0) is 42.8 Å². The van der Waals surface area contributed by atoms with Gasteiger partial charge in [-0.15, -0.1) is 0 Å². The van der Waals surface area contributed by atoms with Crippen LogP contribution in [0.5, 0.6) is 0 Å². The van der Waals surface area contributed by atoms with Crippen molar-refractivity contribution in [2.45, 2.75) is 464 Å². The summed E-state index contributed by atoms with van der Waals surface area (Å²) in [5.74, 6) is -6.09. The summed E-state index contributed by atoms with van der Waals surface area (Å²) in [4.78, 5) is 38.7. The zero-order chi connectivity index (χ0) is 75.3. The van der Waals surface area contributed by atoms with E-state index in [1.165, 1.54) is 257 Å². The monoisotopic (exact) mass is 1480 g/mol. The van der Waals surface area contributed by atoms with Crippen LogP contribution >= 0.6 is 0 Å². The summed E-state index contributed by atoms with van der Waals surface area (Å²) in [6.45, 7) is 2.28. The third-order valence-corrected chi connectivity index (χ3v) is 21.6. The number of unbranched alkanes of at least 4 members (excludes halogenated alkanes) is 47. The van der Waals surface area contributed by atoms with E-state index in [4.69, 9.17) is 28.4 Å². The number of nitrogens with one attached hydrogen (secondary N) is 2. The lowest BCUT2D eigenvalue weighted by atomic mass is 9.88. The SMILES string of the molecule is CCCCCCCCCCCCCCCCCCCCCCCCCCCC(O)C(COC1OC(CO)C(OC2OC(CO)C(O)C(OC3(C(=O)O)CC(O)C(NC(C)=O)C(C(O)C(O)CO)O3)C2O)C(O)C1O)NC(=O)CCCCCCCCCCCCCCCCCCCCCCCCCC. The summed E-state index contributed by atoms with van der Waals surface area (Å²) in [6.07, 6.45) is 33.8. The van der Waals surface area contributed by atoms with Crippen LogP contribution in [0.4, 0.5) is 0 Å². The number of hydrogen-bond donors (Lipinski definition) is 14. The van der Waals surface area contributed by atoms with Crippen LogP contribution in [0.15, 0.2) is 0 Å². The average Bonchev–Trinajstić information content (AvgIpc) is 0.754. The van der Waals surface area contributed by atoms with Crippen LogP contribution in [0.1, 0.15) is 355 Å². The lowest BCUT2D eigenvalue weighted by Gasteiger charge is -2.50. The zero-order valence-electron chi connectivity index (χ0n) is 64.5. The number of carboxylic acids is 1. The highest BCUT2D eigenvalue weighted by Crippen LogP contribution is 2.39. The third-order valence-electron chi connectivity index (χ3n) is 21.6. The lowest BCUT2D eigenvalue weighted by Crippen LogP contribution is -2.70. The molecule has 0 saturated carbocycles. The van der Waals surface area contributed by atoms with Gasteiger partial charge in [0.25, 0.3) is 5.79 Å². The Labute approximate surface area is 620 Å². The first-order valence-electron chi connectivity index (χ1n) is 41.9. The number of aliphatic hydroxyl groups is 11. The van der Waals surface area contributed by atoms with Gasteiger partial charge in [0.1, 0.15) is 67.1 Å². The Balaban J connectivity index is 1.50. The number of aliphatic carboxylic acids is 1. The van der Waals surface area contributed by atoms with Gasteiger partial charge in [0.15, 0.2) is 12.6 Å². The van der Waals surface area contributed by atoms with E-state index < -0.39 is 148 Å². The highest BCUT2D eigenvalue weighted by Gasteiger charge is 2.60. The van der Waals surface area contributed by atoms with Crippen molar-refractivity contribution in [3.05, 3.63) is 0 Å². The fourth-order valence-electron chi connectivity index (χ4n) is 15.0. The van der Waals surface area contributed by atoms with Crippen LogP contribution in [0.2, 0.25) is 0 Å². The summed E-state index contributed by atoms with van der Waals surface area (Å²) >= 11 is 0. The molecule has 0 aromatic heterocycles. The van der Waals surface area contributed by atoms with E-state index in [0.717, 1.165) is 51.9 Å². The number of carboxylic acid groups (broad SMARTS) is 1. The zero-order valence-corrected chi connectivity index (χ0v) is 64.5. The molecule has 103 heavy (non-hydrogen) atoms. The number of rotatable bonds is 67. The van der Waals surface area contributed by atoms with Gasteiger partial charge in [-0.2, -0.15) is 0 Å². The van der Waals surface area contributed by atoms with Crippen LogP contribution in [-0.4, -0.2) is 215 Å². The maximum atomic E-state index is 13.6. The molecule has 0 aromatic carbocycles. The van der Waals surface area contributed by atoms with Gasteiger partial charge in [-0.1, -0.05) is 322 Å². The van der Waals surface area contributed by atoms with E-state index in [2.05, 4.69) is 24.5 Å². The summed E-state index contributed by atoms with van der Waals surface area (Å²) in [5, 5.41) is 137. The topological polar surface area (TPSA) is 373 Å². The molecular formula is C80H152N2O21. The molecule has 0 radical (unpaired) electrons. The number of ether oxygens (including phenoxy) is 6. The normalized spacial score (nSPS) is 26.4. The maximum absolute atomic E-state index is 13.6. The highest BCUT2D eigenvalue weighted by molar-refractivity contribution is 5.77. The molecule has 3 rings (SSSR count). The minimum atomic E-state index is -3.08. The second-order valence-electron chi connectivity index (χ2n) is 30.7. The van der Waals surface area contributed by atoms with Gasteiger partial charge in [0, 0.05) is 19.8 Å². The van der Waals surface area contributed by atoms with Crippen LogP contribution in [0.25, 0.3) is 0 Å². The number of aliphatic hydroxyl groups excluding tert-OH is 11. The van der Waals surface area contributed by atoms with Gasteiger partial charge in [-0.3, -0.25) is 9.59 Å². The largest absolute Gasteiger partial charge is 0.477 e. The molecule has 2 amide bonds. The Hall–Kier alpha value is -2.27. The molecule has 3 aliphatic heterocycles. The predicted octanol–water partition coefficient (Wildman–Crippen LogP) is 11.6. The molecule has 3 fully saturated rings. The van der Waals surface area contributed by atoms with Gasteiger partial charge in [0.05, 0.1) is 50.7 Å². The van der Waals surface area contributed by atoms with Gasteiger partial charge >= 0.3 is 5.97 Å². The Morgan fingerprint density at radius 1 is 0.466 bits per heavy atom. The van der Waals surface area contributed by atoms with Gasteiger partial charge < -0.3 is 100 Å². The Kier molecular flexibility index (Phi) is 54.9. The second-order valence-corrected chi connectivity index (χ2v) is 30.7. The molecule has 18 unspecified atom stereocenters. The van der Waals surface area contributed by atoms with Crippen molar-refractivity contribution < 1.29 is 104 Å². The van der Waals surface area contributed by atoms with Gasteiger partial charge in [0.2, 0.25) is 11.8 Å². The maximum Gasteiger partial charge on any atom is 0.364 e. The van der Waals surface area contributed by atoms with E-state index in [1.807, 2.05) is 0 Å². The van der Waals surface area contributed by atoms with E-state index in [0.29, 0.717) is 19.3 Å². The smallest absolute Gasteiger partial charge is 0.364 e. The molecule has 14 N–H and O–H groups in total.